The van der Waals surface area contributed by atoms with E-state index in [1.54, 1.807) is 6.08 Å². The van der Waals surface area contributed by atoms with Gasteiger partial charge in [-0.2, -0.15) is 4.79 Å². The fourth-order valence-electron chi connectivity index (χ4n) is 4.64. The second kappa shape index (κ2) is 15.1. The minimum absolute atomic E-state index is 0.111. The average Bonchev–Trinajstić information content (AvgIpc) is 2.85. The Hall–Kier alpha value is -1.91. The minimum atomic E-state index is -0.435. The van der Waals surface area contributed by atoms with E-state index in [9.17, 15) is 10.3 Å². The molecule has 186 valence electrons. The first kappa shape index (κ1) is 27.3. The third-order valence-corrected chi connectivity index (χ3v) is 6.74. The smallest absolute Gasteiger partial charge is 0.328 e. The maximum absolute atomic E-state index is 13.6. The molecule has 1 aliphatic heterocycles. The van der Waals surface area contributed by atoms with Gasteiger partial charge in [-0.25, -0.2) is 0 Å². The molecule has 0 N–H and O–H groups in total. The summed E-state index contributed by atoms with van der Waals surface area (Å²) in [5.41, 5.74) is 11.0. The molecule has 1 heterocycles. The van der Waals surface area contributed by atoms with Crippen LogP contribution in [0.15, 0.2) is 23.6 Å². The molecule has 0 aromatic rings. The number of nitrogens with zero attached hydrogens (tertiary/aromatic N) is 3. The maximum atomic E-state index is 13.6. The monoisotopic (exact) mass is 459 g/mol. The molecule has 33 heavy (non-hydrogen) atoms. The number of carbonyl (C=O) groups excluding carboxylic acids is 1. The molecule has 1 fully saturated rings. The molecule has 1 saturated heterocycles. The molecule has 2 rings (SSSR count). The fourth-order valence-corrected chi connectivity index (χ4v) is 4.64. The lowest BCUT2D eigenvalue weighted by Gasteiger charge is -2.40. The van der Waals surface area contributed by atoms with Crippen LogP contribution in [-0.4, -0.2) is 53.1 Å². The molecular weight excluding hydrogens is 414 g/mol. The van der Waals surface area contributed by atoms with Crippen molar-refractivity contribution in [1.29, 1.82) is 0 Å². The molecule has 3 atom stereocenters. The van der Waals surface area contributed by atoms with Crippen molar-refractivity contribution in [2.75, 3.05) is 19.8 Å². The second-order valence-corrected chi connectivity index (χ2v) is 9.29. The van der Waals surface area contributed by atoms with E-state index in [2.05, 4.69) is 37.4 Å². The number of piperidine rings is 1. The number of likely N-dealkylation sites (tertiary alicyclic amines) is 1. The van der Waals surface area contributed by atoms with Gasteiger partial charge in [-0.15, -0.1) is 0 Å². The molecule has 0 aromatic heterocycles. The maximum Gasteiger partial charge on any atom is 0.328 e. The van der Waals surface area contributed by atoms with E-state index in [0.29, 0.717) is 30.5 Å². The Morgan fingerprint density at radius 3 is 2.52 bits per heavy atom. The Morgan fingerprint density at radius 2 is 1.85 bits per heavy atom. The molecule has 0 radical (unpaired) electrons. The van der Waals surface area contributed by atoms with Crippen molar-refractivity contribution in [3.8, 4) is 0 Å². The van der Waals surface area contributed by atoms with E-state index >= 15 is 0 Å². The van der Waals surface area contributed by atoms with Crippen molar-refractivity contribution in [3.63, 3.8) is 0 Å². The Bertz CT molecular complexity index is 724. The number of carbonyl (C=O) groups is 1. The van der Waals surface area contributed by atoms with E-state index < -0.39 is 6.10 Å². The van der Waals surface area contributed by atoms with Gasteiger partial charge >= 0.3 is 5.71 Å². The first-order valence-corrected chi connectivity index (χ1v) is 13.3. The number of Topliss-reactive ketones (excluding diaryl/α,β-unsaturated/α-hetero) is 1. The molecule has 0 spiro atoms. The highest BCUT2D eigenvalue weighted by molar-refractivity contribution is 5.98. The van der Waals surface area contributed by atoms with E-state index in [1.807, 2.05) is 6.08 Å². The Kier molecular flexibility index (Phi) is 12.5. The van der Waals surface area contributed by atoms with Crippen molar-refractivity contribution >= 4 is 11.5 Å². The van der Waals surface area contributed by atoms with Gasteiger partial charge in [-0.05, 0) is 51.0 Å². The highest BCUT2D eigenvalue weighted by atomic mass is 16.5. The molecule has 0 saturated carbocycles. The summed E-state index contributed by atoms with van der Waals surface area (Å²) in [5, 5.41) is 0. The number of ketones is 1. The third kappa shape index (κ3) is 7.82. The highest BCUT2D eigenvalue weighted by Crippen LogP contribution is 2.32. The molecule has 1 aliphatic carbocycles. The summed E-state index contributed by atoms with van der Waals surface area (Å²) < 4.78 is 12.2. The molecule has 6 nitrogen and oxygen atoms in total. The van der Waals surface area contributed by atoms with E-state index in [-0.39, 0.29) is 12.0 Å². The van der Waals surface area contributed by atoms with Gasteiger partial charge in [0.2, 0.25) is 0 Å². The van der Waals surface area contributed by atoms with Gasteiger partial charge in [0.15, 0.2) is 11.9 Å². The predicted octanol–water partition coefficient (Wildman–Crippen LogP) is 6.08. The van der Waals surface area contributed by atoms with Gasteiger partial charge in [0.1, 0.15) is 5.76 Å². The second-order valence-electron chi connectivity index (χ2n) is 9.29. The molecule has 0 bridgehead atoms. The molecule has 3 unspecified atom stereocenters. The van der Waals surface area contributed by atoms with Crippen molar-refractivity contribution in [1.82, 2.24) is 4.90 Å². The van der Waals surface area contributed by atoms with Gasteiger partial charge in [0, 0.05) is 19.1 Å². The number of ether oxygens (including phenoxy) is 2. The van der Waals surface area contributed by atoms with Crippen molar-refractivity contribution < 1.29 is 19.1 Å². The van der Waals surface area contributed by atoms with Crippen LogP contribution in [0.1, 0.15) is 98.3 Å². The zero-order valence-corrected chi connectivity index (χ0v) is 21.4. The Labute approximate surface area is 201 Å². The normalized spacial score (nSPS) is 21.8. The summed E-state index contributed by atoms with van der Waals surface area (Å²) in [6.45, 7) is 10.6. The zero-order chi connectivity index (χ0) is 24.1. The molecule has 0 aromatic carbocycles. The van der Waals surface area contributed by atoms with Crippen LogP contribution < -0.4 is 0 Å². The molecule has 6 heteroatoms. The van der Waals surface area contributed by atoms with Crippen LogP contribution in [0.4, 0.5) is 0 Å². The van der Waals surface area contributed by atoms with Crippen LogP contribution in [0, 0.1) is 5.92 Å². The van der Waals surface area contributed by atoms with Crippen LogP contribution in [-0.2, 0) is 14.3 Å². The number of unbranched alkanes of at least 4 members (excludes halogenated alkanes) is 3. The van der Waals surface area contributed by atoms with Gasteiger partial charge < -0.3 is 19.9 Å². The number of hydrogen-bond acceptors (Lipinski definition) is 4. The van der Waals surface area contributed by atoms with Gasteiger partial charge in [-0.1, -0.05) is 53.4 Å². The molecule has 0 amide bonds. The summed E-state index contributed by atoms with van der Waals surface area (Å²) in [6.07, 6.45) is 14.4. The summed E-state index contributed by atoms with van der Waals surface area (Å²) in [4.78, 5) is 19.4. The SMILES string of the molecule is CCCCOC1=CC(=[N+]=[N-])C(OCCCC)C=C1N1CCCCC1C(=O)C(CC)CCCC. The standard InChI is InChI=1S/C27H45N3O3/c1-5-9-14-21(8-4)27(31)23-15-12-13-16-30(23)24-20-25(32-17-10-6-2)22(29-28)19-26(24)33-18-11-7-3/h19-21,23,25H,5-18H2,1-4H3. The van der Waals surface area contributed by atoms with E-state index in [1.165, 1.54) is 0 Å². The van der Waals surface area contributed by atoms with Gasteiger partial charge in [0.25, 0.3) is 0 Å². The van der Waals surface area contributed by atoms with Crippen LogP contribution in [0.2, 0.25) is 0 Å². The van der Waals surface area contributed by atoms with Gasteiger partial charge in [0.05, 0.1) is 24.4 Å². The zero-order valence-electron chi connectivity index (χ0n) is 21.4. The van der Waals surface area contributed by atoms with Crippen LogP contribution in [0.25, 0.3) is 5.53 Å². The van der Waals surface area contributed by atoms with Gasteiger partial charge in [-0.3, -0.25) is 4.79 Å². The highest BCUT2D eigenvalue weighted by Gasteiger charge is 2.38. The number of rotatable bonds is 15. The quantitative estimate of drug-likeness (QED) is 0.169. The average molecular weight is 460 g/mol. The van der Waals surface area contributed by atoms with Crippen molar-refractivity contribution in [3.05, 3.63) is 29.1 Å². The van der Waals surface area contributed by atoms with Crippen LogP contribution in [0.5, 0.6) is 0 Å². The Morgan fingerprint density at radius 1 is 1.12 bits per heavy atom. The molecule has 2 aliphatic rings. The number of hydrogen-bond donors (Lipinski definition) is 0. The van der Waals surface area contributed by atoms with Crippen LogP contribution >= 0.6 is 0 Å². The first-order chi connectivity index (χ1) is 16.1. The summed E-state index contributed by atoms with van der Waals surface area (Å²) >= 11 is 0. The topological polar surface area (TPSA) is 75.2 Å². The summed E-state index contributed by atoms with van der Waals surface area (Å²) in [5.74, 6) is 1.16. The lowest BCUT2D eigenvalue weighted by atomic mass is 9.85. The lowest BCUT2D eigenvalue weighted by Crippen LogP contribution is -2.47. The van der Waals surface area contributed by atoms with Crippen molar-refractivity contribution in [2.45, 2.75) is 110 Å². The minimum Gasteiger partial charge on any atom is -0.491 e. The van der Waals surface area contributed by atoms with E-state index in [4.69, 9.17) is 9.47 Å². The summed E-state index contributed by atoms with van der Waals surface area (Å²) in [7, 11) is 0. The fraction of sp³-hybridized carbons (Fsp3) is 0.778. The summed E-state index contributed by atoms with van der Waals surface area (Å²) in [6, 6.07) is -0.131. The van der Waals surface area contributed by atoms with Crippen LogP contribution in [0.3, 0.4) is 0 Å². The Balaban J connectivity index is 2.35. The third-order valence-electron chi connectivity index (χ3n) is 6.74. The lowest BCUT2D eigenvalue weighted by molar-refractivity contribution is -0.129. The predicted molar refractivity (Wildman–Crippen MR) is 133 cm³/mol. The van der Waals surface area contributed by atoms with Crippen molar-refractivity contribution in [2.24, 2.45) is 5.92 Å². The first-order valence-electron chi connectivity index (χ1n) is 13.3. The largest absolute Gasteiger partial charge is 0.491 e. The molecular formula is C27H45N3O3. The van der Waals surface area contributed by atoms with E-state index in [0.717, 1.165) is 82.9 Å².